The van der Waals surface area contributed by atoms with Gasteiger partial charge in [0.1, 0.15) is 23.9 Å². The van der Waals surface area contributed by atoms with E-state index in [-0.39, 0.29) is 36.2 Å². The van der Waals surface area contributed by atoms with Crippen LogP contribution in [-0.2, 0) is 18.0 Å². The van der Waals surface area contributed by atoms with Crippen molar-refractivity contribution in [3.8, 4) is 17.2 Å². The standard InChI is InChI=1S/C24H12ClF5O5/c25-12-3-10(24-11(4-12)7-32-9-34-24)5-17-23(31)14-2-1-13(6-16(14)35-17)33-8-15-18(26)20(28)22(30)21(29)19(15)27/h1-6H,7-9H2/b17-5-. The summed E-state index contributed by atoms with van der Waals surface area (Å²) in [6.45, 7) is -0.635. The third-order valence-corrected chi connectivity index (χ3v) is 5.53. The van der Waals surface area contributed by atoms with Gasteiger partial charge < -0.3 is 18.9 Å². The molecule has 3 aromatic carbocycles. The Bertz CT molecular complexity index is 1390. The number of rotatable bonds is 4. The number of benzene rings is 3. The summed E-state index contributed by atoms with van der Waals surface area (Å²) in [4.78, 5) is 12.8. The van der Waals surface area contributed by atoms with Gasteiger partial charge in [-0.25, -0.2) is 22.0 Å². The summed E-state index contributed by atoms with van der Waals surface area (Å²) in [6, 6.07) is 7.19. The van der Waals surface area contributed by atoms with Gasteiger partial charge in [-0.15, -0.1) is 0 Å². The summed E-state index contributed by atoms with van der Waals surface area (Å²) in [7, 11) is 0. The first-order valence-electron chi connectivity index (χ1n) is 9.99. The number of ketones is 1. The fourth-order valence-corrected chi connectivity index (χ4v) is 3.90. The van der Waals surface area contributed by atoms with Crippen LogP contribution in [0.2, 0.25) is 5.02 Å². The average Bonchev–Trinajstić information content (AvgIpc) is 3.15. The molecule has 0 aliphatic carbocycles. The monoisotopic (exact) mass is 510 g/mol. The van der Waals surface area contributed by atoms with Crippen molar-refractivity contribution in [3.05, 3.63) is 92.5 Å². The van der Waals surface area contributed by atoms with Crippen molar-refractivity contribution in [1.29, 1.82) is 0 Å². The number of hydrogen-bond donors (Lipinski definition) is 0. The van der Waals surface area contributed by atoms with E-state index in [1.807, 2.05) is 0 Å². The number of carbonyl (C=O) groups excluding carboxylic acids is 1. The van der Waals surface area contributed by atoms with Crippen molar-refractivity contribution >= 4 is 23.5 Å². The summed E-state index contributed by atoms with van der Waals surface area (Å²) >= 11 is 6.15. The van der Waals surface area contributed by atoms with Crippen LogP contribution >= 0.6 is 11.6 Å². The highest BCUT2D eigenvalue weighted by atomic mass is 35.5. The summed E-state index contributed by atoms with van der Waals surface area (Å²) in [5.74, 6) is -10.3. The molecule has 0 amide bonds. The largest absolute Gasteiger partial charge is 0.489 e. The Balaban J connectivity index is 1.40. The van der Waals surface area contributed by atoms with Crippen molar-refractivity contribution in [2.75, 3.05) is 6.79 Å². The molecule has 0 saturated heterocycles. The van der Waals surface area contributed by atoms with Crippen molar-refractivity contribution in [2.24, 2.45) is 0 Å². The molecule has 180 valence electrons. The molecule has 5 rings (SSSR count). The lowest BCUT2D eigenvalue weighted by Gasteiger charge is -2.20. The molecule has 0 bridgehead atoms. The Morgan fingerprint density at radius 1 is 0.971 bits per heavy atom. The Labute approximate surface area is 199 Å². The predicted molar refractivity (Wildman–Crippen MR) is 112 cm³/mol. The Kier molecular flexibility index (Phi) is 5.86. The van der Waals surface area contributed by atoms with E-state index in [1.165, 1.54) is 24.3 Å². The maximum Gasteiger partial charge on any atom is 0.231 e. The molecule has 35 heavy (non-hydrogen) atoms. The third kappa shape index (κ3) is 4.08. The van der Waals surface area contributed by atoms with E-state index < -0.39 is 47.0 Å². The number of hydrogen-bond acceptors (Lipinski definition) is 5. The van der Waals surface area contributed by atoms with Crippen LogP contribution in [0.15, 0.2) is 36.1 Å². The van der Waals surface area contributed by atoms with Gasteiger partial charge in [-0.3, -0.25) is 4.79 Å². The van der Waals surface area contributed by atoms with Crippen LogP contribution in [0, 0.1) is 29.1 Å². The molecule has 3 aromatic rings. The molecule has 0 aromatic heterocycles. The number of fused-ring (bicyclic) bond motifs is 2. The van der Waals surface area contributed by atoms with Crippen LogP contribution in [0.3, 0.4) is 0 Å². The molecule has 0 atom stereocenters. The first kappa shape index (κ1) is 23.1. The van der Waals surface area contributed by atoms with Gasteiger partial charge in [-0.2, -0.15) is 0 Å². The molecule has 0 saturated carbocycles. The zero-order valence-electron chi connectivity index (χ0n) is 17.4. The molecule has 2 aliphatic heterocycles. The van der Waals surface area contributed by atoms with Crippen molar-refractivity contribution in [1.82, 2.24) is 0 Å². The molecule has 0 fully saturated rings. The first-order valence-corrected chi connectivity index (χ1v) is 10.4. The van der Waals surface area contributed by atoms with Crippen LogP contribution in [0.1, 0.15) is 27.0 Å². The van der Waals surface area contributed by atoms with E-state index in [0.717, 1.165) is 0 Å². The highest BCUT2D eigenvalue weighted by molar-refractivity contribution is 6.31. The minimum absolute atomic E-state index is 0.0256. The van der Waals surface area contributed by atoms with E-state index in [2.05, 4.69) is 0 Å². The Hall–Kier alpha value is -3.63. The second kappa shape index (κ2) is 8.86. The summed E-state index contributed by atoms with van der Waals surface area (Å²) in [5, 5.41) is 0.400. The van der Waals surface area contributed by atoms with E-state index in [0.29, 0.717) is 21.9 Å². The van der Waals surface area contributed by atoms with Gasteiger partial charge in [-0.1, -0.05) is 11.6 Å². The smallest absolute Gasteiger partial charge is 0.231 e. The number of ether oxygens (including phenoxy) is 4. The van der Waals surface area contributed by atoms with Crippen molar-refractivity contribution < 1.29 is 45.7 Å². The lowest BCUT2D eigenvalue weighted by atomic mass is 10.1. The van der Waals surface area contributed by atoms with E-state index in [9.17, 15) is 26.7 Å². The molecule has 0 spiro atoms. The topological polar surface area (TPSA) is 54.0 Å². The van der Waals surface area contributed by atoms with E-state index >= 15 is 0 Å². The number of carbonyl (C=O) groups is 1. The van der Waals surface area contributed by atoms with Crippen molar-refractivity contribution in [3.63, 3.8) is 0 Å². The fraction of sp³-hybridized carbons (Fsp3) is 0.125. The van der Waals surface area contributed by atoms with Crippen LogP contribution in [-0.4, -0.2) is 12.6 Å². The normalized spacial score (nSPS) is 15.5. The van der Waals surface area contributed by atoms with Crippen LogP contribution in [0.25, 0.3) is 6.08 Å². The van der Waals surface area contributed by atoms with Gasteiger partial charge in [0, 0.05) is 22.2 Å². The maximum absolute atomic E-state index is 13.9. The lowest BCUT2D eigenvalue weighted by Crippen LogP contribution is -2.12. The summed E-state index contributed by atoms with van der Waals surface area (Å²) in [5.41, 5.74) is 0.242. The van der Waals surface area contributed by atoms with E-state index in [1.54, 1.807) is 12.1 Å². The zero-order chi connectivity index (χ0) is 24.9. The van der Waals surface area contributed by atoms with Gasteiger partial charge in [0.2, 0.25) is 11.6 Å². The number of halogens is 6. The maximum atomic E-state index is 13.9. The third-order valence-electron chi connectivity index (χ3n) is 5.32. The minimum Gasteiger partial charge on any atom is -0.489 e. The SMILES string of the molecule is O=C1/C(=C/c2cc(Cl)cc3c2OCOC3)Oc2cc(OCc3c(F)c(F)c(F)c(F)c3F)ccc21. The summed E-state index contributed by atoms with van der Waals surface area (Å²) in [6.07, 6.45) is 1.45. The quantitative estimate of drug-likeness (QED) is 0.184. The van der Waals surface area contributed by atoms with Gasteiger partial charge in [0.25, 0.3) is 0 Å². The van der Waals surface area contributed by atoms with Crippen LogP contribution in [0.5, 0.6) is 17.2 Å². The van der Waals surface area contributed by atoms with E-state index in [4.69, 9.17) is 30.5 Å². The van der Waals surface area contributed by atoms with Gasteiger partial charge in [0.05, 0.1) is 17.7 Å². The molecule has 11 heteroatoms. The number of allylic oxidation sites excluding steroid dienone is 1. The van der Waals surface area contributed by atoms with Gasteiger partial charge in [-0.05, 0) is 30.3 Å². The Morgan fingerprint density at radius 3 is 2.43 bits per heavy atom. The second-order valence-electron chi connectivity index (χ2n) is 7.53. The van der Waals surface area contributed by atoms with Crippen molar-refractivity contribution in [2.45, 2.75) is 13.2 Å². The second-order valence-corrected chi connectivity index (χ2v) is 7.97. The number of Topliss-reactive ketones (excluding diaryl/α,β-unsaturated/α-hetero) is 1. The average molecular weight is 511 g/mol. The molecule has 0 radical (unpaired) electrons. The molecular weight excluding hydrogens is 499 g/mol. The first-order chi connectivity index (χ1) is 16.7. The Morgan fingerprint density at radius 2 is 1.69 bits per heavy atom. The molecule has 2 heterocycles. The minimum atomic E-state index is -2.26. The fourth-order valence-electron chi connectivity index (χ4n) is 3.65. The highest BCUT2D eigenvalue weighted by Crippen LogP contribution is 2.38. The highest BCUT2D eigenvalue weighted by Gasteiger charge is 2.30. The zero-order valence-corrected chi connectivity index (χ0v) is 18.2. The predicted octanol–water partition coefficient (Wildman–Crippen LogP) is 6.10. The van der Waals surface area contributed by atoms with Crippen LogP contribution < -0.4 is 14.2 Å². The van der Waals surface area contributed by atoms with Gasteiger partial charge in [0.15, 0.2) is 35.8 Å². The lowest BCUT2D eigenvalue weighted by molar-refractivity contribution is -0.0165. The molecule has 5 nitrogen and oxygen atoms in total. The molecule has 0 N–H and O–H groups in total. The van der Waals surface area contributed by atoms with Crippen LogP contribution in [0.4, 0.5) is 22.0 Å². The molecule has 0 unspecified atom stereocenters. The van der Waals surface area contributed by atoms with Gasteiger partial charge >= 0.3 is 0 Å². The molecular formula is C24H12ClF5O5. The molecule has 2 aliphatic rings. The summed E-state index contributed by atoms with van der Waals surface area (Å²) < 4.78 is 89.4.